The van der Waals surface area contributed by atoms with Gasteiger partial charge in [0.1, 0.15) is 17.3 Å². The minimum absolute atomic E-state index is 0.112. The molecule has 1 aromatic carbocycles. The third-order valence-corrected chi connectivity index (χ3v) is 4.14. The van der Waals surface area contributed by atoms with Gasteiger partial charge in [-0.05, 0) is 49.1 Å². The first-order valence-corrected chi connectivity index (χ1v) is 7.29. The molecule has 3 rings (SSSR count). The lowest BCUT2D eigenvalue weighted by Crippen LogP contribution is -2.38. The van der Waals surface area contributed by atoms with Gasteiger partial charge >= 0.3 is 0 Å². The minimum atomic E-state index is -0.459. The van der Waals surface area contributed by atoms with Crippen molar-refractivity contribution in [2.24, 2.45) is 7.05 Å². The second-order valence-electron chi connectivity index (χ2n) is 5.57. The molecular formula is C16H17F2N3O. The summed E-state index contributed by atoms with van der Waals surface area (Å²) in [5, 5.41) is 4.00. The average molecular weight is 305 g/mol. The summed E-state index contributed by atoms with van der Waals surface area (Å²) in [4.78, 5) is 14.3. The summed E-state index contributed by atoms with van der Waals surface area (Å²) in [6.45, 7) is 0.631. The van der Waals surface area contributed by atoms with Gasteiger partial charge in [0.15, 0.2) is 0 Å². The van der Waals surface area contributed by atoms with Crippen molar-refractivity contribution in [3.8, 4) is 0 Å². The Morgan fingerprint density at radius 1 is 1.36 bits per heavy atom. The van der Waals surface area contributed by atoms with Crippen LogP contribution in [0.25, 0.3) is 0 Å². The van der Waals surface area contributed by atoms with Gasteiger partial charge in [-0.1, -0.05) is 0 Å². The first-order valence-electron chi connectivity index (χ1n) is 7.29. The molecule has 1 unspecified atom stereocenters. The molecule has 1 amide bonds. The molecule has 0 radical (unpaired) electrons. The van der Waals surface area contributed by atoms with E-state index in [0.29, 0.717) is 24.2 Å². The van der Waals surface area contributed by atoms with E-state index in [4.69, 9.17) is 0 Å². The molecule has 2 aromatic rings. The van der Waals surface area contributed by atoms with E-state index in [1.54, 1.807) is 24.2 Å². The standard InChI is InChI=1S/C16H17F2N3O/c1-20-15(6-7-19-20)16(22)21-8-2-3-13(21)10-11-9-12(17)4-5-14(11)18/h4-7,9,13H,2-3,8,10H2,1H3. The first kappa shape index (κ1) is 14.7. The molecule has 1 atom stereocenters. The van der Waals surface area contributed by atoms with Crippen LogP contribution in [0.2, 0.25) is 0 Å². The van der Waals surface area contributed by atoms with Gasteiger partial charge in [-0.2, -0.15) is 5.10 Å². The van der Waals surface area contributed by atoms with Crippen LogP contribution in [-0.2, 0) is 13.5 Å². The average Bonchev–Trinajstić information content (AvgIpc) is 3.11. The zero-order valence-corrected chi connectivity index (χ0v) is 12.3. The van der Waals surface area contributed by atoms with Crippen LogP contribution in [-0.4, -0.2) is 33.2 Å². The van der Waals surface area contributed by atoms with Crippen molar-refractivity contribution in [2.45, 2.75) is 25.3 Å². The molecule has 1 saturated heterocycles. The third-order valence-electron chi connectivity index (χ3n) is 4.14. The van der Waals surface area contributed by atoms with E-state index in [0.717, 1.165) is 25.0 Å². The Labute approximate surface area is 127 Å². The van der Waals surface area contributed by atoms with Crippen LogP contribution in [0.5, 0.6) is 0 Å². The van der Waals surface area contributed by atoms with Gasteiger partial charge in [0.2, 0.25) is 0 Å². The van der Waals surface area contributed by atoms with Gasteiger partial charge in [-0.15, -0.1) is 0 Å². The number of hydrogen-bond donors (Lipinski definition) is 0. The molecule has 0 bridgehead atoms. The van der Waals surface area contributed by atoms with Crippen molar-refractivity contribution >= 4 is 5.91 Å². The molecule has 0 N–H and O–H groups in total. The summed E-state index contributed by atoms with van der Waals surface area (Å²) in [7, 11) is 1.71. The fraction of sp³-hybridized carbons (Fsp3) is 0.375. The fourth-order valence-electron chi connectivity index (χ4n) is 3.00. The molecule has 0 saturated carbocycles. The summed E-state index contributed by atoms with van der Waals surface area (Å²) < 4.78 is 28.6. The zero-order valence-electron chi connectivity index (χ0n) is 12.3. The predicted molar refractivity (Wildman–Crippen MR) is 77.3 cm³/mol. The Bertz CT molecular complexity index is 698. The molecule has 1 fully saturated rings. The number of benzene rings is 1. The molecule has 2 heterocycles. The number of aromatic nitrogens is 2. The molecule has 4 nitrogen and oxygen atoms in total. The van der Waals surface area contributed by atoms with E-state index in [-0.39, 0.29) is 11.9 Å². The Morgan fingerprint density at radius 3 is 2.91 bits per heavy atom. The highest BCUT2D eigenvalue weighted by molar-refractivity contribution is 5.92. The lowest BCUT2D eigenvalue weighted by atomic mass is 10.0. The maximum Gasteiger partial charge on any atom is 0.272 e. The number of amides is 1. The number of halogens is 2. The molecule has 1 aliphatic heterocycles. The maximum absolute atomic E-state index is 13.8. The van der Waals surface area contributed by atoms with Crippen molar-refractivity contribution in [1.82, 2.24) is 14.7 Å². The normalized spacial score (nSPS) is 18.0. The highest BCUT2D eigenvalue weighted by Gasteiger charge is 2.31. The highest BCUT2D eigenvalue weighted by atomic mass is 19.1. The van der Waals surface area contributed by atoms with Crippen molar-refractivity contribution in [1.29, 1.82) is 0 Å². The molecule has 0 aliphatic carbocycles. The van der Waals surface area contributed by atoms with Gasteiger partial charge < -0.3 is 4.90 Å². The van der Waals surface area contributed by atoms with Crippen molar-refractivity contribution in [2.75, 3.05) is 6.54 Å². The Balaban J connectivity index is 1.80. The topological polar surface area (TPSA) is 38.1 Å². The maximum atomic E-state index is 13.8. The number of rotatable bonds is 3. The van der Waals surface area contributed by atoms with Gasteiger partial charge in [-0.3, -0.25) is 9.48 Å². The number of likely N-dealkylation sites (tertiary alicyclic amines) is 1. The summed E-state index contributed by atoms with van der Waals surface area (Å²) >= 11 is 0. The zero-order chi connectivity index (χ0) is 15.7. The molecule has 116 valence electrons. The van der Waals surface area contributed by atoms with E-state index in [2.05, 4.69) is 5.10 Å². The predicted octanol–water partition coefficient (Wildman–Crippen LogP) is 2.55. The minimum Gasteiger partial charge on any atom is -0.334 e. The second-order valence-corrected chi connectivity index (χ2v) is 5.57. The molecule has 1 aromatic heterocycles. The Kier molecular flexibility index (Phi) is 3.92. The fourth-order valence-corrected chi connectivity index (χ4v) is 3.00. The SMILES string of the molecule is Cn1nccc1C(=O)N1CCCC1Cc1cc(F)ccc1F. The van der Waals surface area contributed by atoms with Crippen LogP contribution in [0.15, 0.2) is 30.5 Å². The highest BCUT2D eigenvalue weighted by Crippen LogP contribution is 2.24. The van der Waals surface area contributed by atoms with E-state index < -0.39 is 11.6 Å². The lowest BCUT2D eigenvalue weighted by molar-refractivity contribution is 0.0724. The van der Waals surface area contributed by atoms with E-state index in [1.807, 2.05) is 0 Å². The molecular weight excluding hydrogens is 288 g/mol. The largest absolute Gasteiger partial charge is 0.334 e. The van der Waals surface area contributed by atoms with Crippen LogP contribution in [0.1, 0.15) is 28.9 Å². The van der Waals surface area contributed by atoms with E-state index >= 15 is 0 Å². The van der Waals surface area contributed by atoms with Crippen LogP contribution in [0.4, 0.5) is 8.78 Å². The summed E-state index contributed by atoms with van der Waals surface area (Å²) in [5.41, 5.74) is 0.821. The van der Waals surface area contributed by atoms with Crippen LogP contribution < -0.4 is 0 Å². The van der Waals surface area contributed by atoms with Gasteiger partial charge in [0.25, 0.3) is 5.91 Å². The van der Waals surface area contributed by atoms with Crippen LogP contribution in [0.3, 0.4) is 0 Å². The van der Waals surface area contributed by atoms with Crippen LogP contribution >= 0.6 is 0 Å². The smallest absolute Gasteiger partial charge is 0.272 e. The van der Waals surface area contributed by atoms with Crippen LogP contribution in [0, 0.1) is 11.6 Å². The molecule has 0 spiro atoms. The van der Waals surface area contributed by atoms with Crippen molar-refractivity contribution in [3.63, 3.8) is 0 Å². The van der Waals surface area contributed by atoms with E-state index in [9.17, 15) is 13.6 Å². The number of nitrogens with zero attached hydrogens (tertiary/aromatic N) is 3. The summed E-state index contributed by atoms with van der Waals surface area (Å²) in [6, 6.07) is 5.00. The van der Waals surface area contributed by atoms with Gasteiger partial charge in [-0.25, -0.2) is 8.78 Å². The van der Waals surface area contributed by atoms with Crippen molar-refractivity contribution in [3.05, 3.63) is 53.4 Å². The quantitative estimate of drug-likeness (QED) is 0.874. The first-order chi connectivity index (χ1) is 10.6. The van der Waals surface area contributed by atoms with Gasteiger partial charge in [0.05, 0.1) is 0 Å². The van der Waals surface area contributed by atoms with Gasteiger partial charge in [0, 0.05) is 25.8 Å². The summed E-state index contributed by atoms with van der Waals surface area (Å²) in [5.74, 6) is -1.00. The number of aryl methyl sites for hydroxylation is 1. The lowest BCUT2D eigenvalue weighted by Gasteiger charge is -2.25. The number of carbonyl (C=O) groups excluding carboxylic acids is 1. The number of carbonyl (C=O) groups is 1. The Morgan fingerprint density at radius 2 is 2.18 bits per heavy atom. The Hall–Kier alpha value is -2.24. The molecule has 6 heteroatoms. The third kappa shape index (κ3) is 2.73. The second kappa shape index (κ2) is 5.87. The number of hydrogen-bond acceptors (Lipinski definition) is 2. The van der Waals surface area contributed by atoms with E-state index in [1.165, 1.54) is 10.7 Å². The molecule has 1 aliphatic rings. The summed E-state index contributed by atoms with van der Waals surface area (Å²) in [6.07, 6.45) is 3.56. The monoisotopic (exact) mass is 305 g/mol. The van der Waals surface area contributed by atoms with Crippen molar-refractivity contribution < 1.29 is 13.6 Å². The molecule has 22 heavy (non-hydrogen) atoms.